The number of hydrogen-bond donors (Lipinski definition) is 0. The molecule has 0 unspecified atom stereocenters. The fourth-order valence-electron chi connectivity index (χ4n) is 2.71. The molecule has 24 heavy (non-hydrogen) atoms. The highest BCUT2D eigenvalue weighted by molar-refractivity contribution is 5.34. The third kappa shape index (κ3) is 8.90. The summed E-state index contributed by atoms with van der Waals surface area (Å²) in [6.07, 6.45) is 11.6. The van der Waals surface area contributed by atoms with Gasteiger partial charge in [0.05, 0.1) is 6.20 Å². The van der Waals surface area contributed by atoms with E-state index >= 15 is 0 Å². The minimum absolute atomic E-state index is 1.21. The number of aromatic nitrogens is 2. The Balaban J connectivity index is 0.000000488. The molecule has 1 aromatic carbocycles. The second-order valence-electron chi connectivity index (χ2n) is 6.11. The zero-order valence-corrected chi connectivity index (χ0v) is 17.0. The molecule has 0 saturated heterocycles. The molecule has 136 valence electrons. The number of nitrogens with zero attached hydrogens (tertiary/aromatic N) is 2. The minimum atomic E-state index is 1.21. The molecule has 1 heterocycles. The second-order valence-corrected chi connectivity index (χ2v) is 6.11. The predicted octanol–water partition coefficient (Wildman–Crippen LogP) is 6.43. The van der Waals surface area contributed by atoms with Crippen molar-refractivity contribution >= 4 is 0 Å². The van der Waals surface area contributed by atoms with Gasteiger partial charge in [0.1, 0.15) is 0 Å². The van der Waals surface area contributed by atoms with Crippen LogP contribution in [0.5, 0.6) is 0 Å². The Kier molecular flexibility index (Phi) is 12.9. The van der Waals surface area contributed by atoms with Gasteiger partial charge in [0.25, 0.3) is 0 Å². The summed E-state index contributed by atoms with van der Waals surface area (Å²) in [7, 11) is 1.91. The lowest BCUT2D eigenvalue weighted by Gasteiger charge is -2.11. The van der Waals surface area contributed by atoms with Crippen LogP contribution in [0.3, 0.4) is 0 Å². The number of unbranched alkanes of at least 4 members (excludes halogenated alkanes) is 2. The van der Waals surface area contributed by atoms with Gasteiger partial charge < -0.3 is 0 Å². The van der Waals surface area contributed by atoms with Gasteiger partial charge in [-0.15, -0.1) is 0 Å². The highest BCUT2D eigenvalue weighted by atomic mass is 15.2. The van der Waals surface area contributed by atoms with Crippen molar-refractivity contribution in [3.05, 3.63) is 52.8 Å². The zero-order valence-electron chi connectivity index (χ0n) is 17.0. The van der Waals surface area contributed by atoms with Gasteiger partial charge in [0.2, 0.25) is 0 Å². The van der Waals surface area contributed by atoms with Crippen molar-refractivity contribution in [3.8, 4) is 0 Å². The molecular weight excluding hydrogens is 292 g/mol. The first-order chi connectivity index (χ1) is 11.6. The summed E-state index contributed by atoms with van der Waals surface area (Å²) in [5.41, 5.74) is 5.88. The summed E-state index contributed by atoms with van der Waals surface area (Å²) in [5.74, 6) is 0. The third-order valence-electron chi connectivity index (χ3n) is 3.89. The second kappa shape index (κ2) is 13.8. The lowest BCUT2D eigenvalue weighted by molar-refractivity contribution is 0.711. The topological polar surface area (TPSA) is 17.8 Å². The highest BCUT2D eigenvalue weighted by Gasteiger charge is 2.03. The van der Waals surface area contributed by atoms with E-state index < -0.39 is 0 Å². The Bertz CT molecular complexity index is 524. The molecule has 1 aromatic heterocycles. The third-order valence-corrected chi connectivity index (χ3v) is 3.89. The van der Waals surface area contributed by atoms with Crippen LogP contribution < -0.4 is 0 Å². The molecule has 0 aliphatic rings. The van der Waals surface area contributed by atoms with Crippen LogP contribution in [0.1, 0.15) is 75.6 Å². The maximum atomic E-state index is 3.93. The number of benzene rings is 1. The molecule has 0 bridgehead atoms. The molecule has 0 saturated carbocycles. The van der Waals surface area contributed by atoms with Gasteiger partial charge in [0, 0.05) is 13.2 Å². The highest BCUT2D eigenvalue weighted by Crippen LogP contribution is 2.18. The summed E-state index contributed by atoms with van der Waals surface area (Å²) >= 11 is 0. The van der Waals surface area contributed by atoms with Crippen molar-refractivity contribution in [2.24, 2.45) is 7.05 Å². The quantitative estimate of drug-likeness (QED) is 0.558. The Morgan fingerprint density at radius 1 is 0.958 bits per heavy atom. The molecule has 0 N–H and O–H groups in total. The molecule has 0 aliphatic heterocycles. The maximum absolute atomic E-state index is 3.93. The summed E-state index contributed by atoms with van der Waals surface area (Å²) in [6.45, 7) is 12.8. The number of hydrogen-bond acceptors (Lipinski definition) is 1. The molecule has 2 nitrogen and oxygen atoms in total. The van der Waals surface area contributed by atoms with Crippen molar-refractivity contribution in [1.82, 2.24) is 9.78 Å². The van der Waals surface area contributed by atoms with Crippen LogP contribution in [0.15, 0.2) is 30.6 Å². The Morgan fingerprint density at radius 2 is 1.67 bits per heavy atom. The van der Waals surface area contributed by atoms with Gasteiger partial charge >= 0.3 is 0 Å². The van der Waals surface area contributed by atoms with E-state index in [0.29, 0.717) is 0 Å². The summed E-state index contributed by atoms with van der Waals surface area (Å²) in [4.78, 5) is 0. The summed E-state index contributed by atoms with van der Waals surface area (Å²) in [5, 5.41) is 3.93. The van der Waals surface area contributed by atoms with E-state index in [1.54, 1.807) is 15.8 Å². The van der Waals surface area contributed by atoms with Gasteiger partial charge in [-0.1, -0.05) is 65.2 Å². The van der Waals surface area contributed by atoms with Crippen molar-refractivity contribution in [2.75, 3.05) is 0 Å². The molecule has 0 radical (unpaired) electrons. The zero-order chi connectivity index (χ0) is 18.4. The van der Waals surface area contributed by atoms with E-state index in [-0.39, 0.29) is 0 Å². The van der Waals surface area contributed by atoms with E-state index in [1.165, 1.54) is 49.7 Å². The summed E-state index contributed by atoms with van der Waals surface area (Å²) in [6, 6.07) is 6.76. The van der Waals surface area contributed by atoms with Crippen LogP contribution in [-0.2, 0) is 19.9 Å². The van der Waals surface area contributed by atoms with Crippen LogP contribution in [0.2, 0.25) is 0 Å². The predicted molar refractivity (Wildman–Crippen MR) is 108 cm³/mol. The number of aryl methyl sites for hydroxylation is 4. The molecule has 0 aliphatic carbocycles. The molecular formula is C22H38N2. The Hall–Kier alpha value is -1.57. The van der Waals surface area contributed by atoms with Crippen LogP contribution in [0.4, 0.5) is 0 Å². The van der Waals surface area contributed by atoms with Crippen LogP contribution in [0, 0.1) is 13.8 Å². The first-order valence-electron chi connectivity index (χ1n) is 9.61. The lowest BCUT2D eigenvalue weighted by atomic mass is 9.94. The smallest absolute Gasteiger partial charge is 0.0518 e. The van der Waals surface area contributed by atoms with Gasteiger partial charge in [0.15, 0.2) is 0 Å². The summed E-state index contributed by atoms with van der Waals surface area (Å²) < 4.78 is 1.79. The first-order valence-corrected chi connectivity index (χ1v) is 9.61. The van der Waals surface area contributed by atoms with Gasteiger partial charge in [-0.25, -0.2) is 0 Å². The van der Waals surface area contributed by atoms with Crippen LogP contribution in [-0.4, -0.2) is 9.78 Å². The molecule has 0 spiro atoms. The Labute approximate surface area is 150 Å². The minimum Gasteiger partial charge on any atom is -0.276 e. The first kappa shape index (κ1) is 22.4. The van der Waals surface area contributed by atoms with Crippen molar-refractivity contribution in [3.63, 3.8) is 0 Å². The lowest BCUT2D eigenvalue weighted by Crippen LogP contribution is -1.97. The number of rotatable bonds is 6. The largest absolute Gasteiger partial charge is 0.276 e. The van der Waals surface area contributed by atoms with E-state index in [2.05, 4.69) is 44.1 Å². The van der Waals surface area contributed by atoms with Crippen LogP contribution in [0.25, 0.3) is 0 Å². The molecule has 0 amide bonds. The monoisotopic (exact) mass is 330 g/mol. The van der Waals surface area contributed by atoms with Crippen LogP contribution >= 0.6 is 0 Å². The molecule has 2 rings (SSSR count). The standard InChI is InChI=1S/C15H24.C5H8N2.C2H6/c1-4-6-7-11-14-12-8-10-13(3)15(14)9-5-2;1-5-3-6-7(2)4-5;1-2/h8,10,12H,4-7,9,11H2,1-3H3;3-4H,1-2H3;1-2H3. The van der Waals surface area contributed by atoms with Crippen molar-refractivity contribution in [2.45, 2.75) is 80.1 Å². The Morgan fingerprint density at radius 3 is 2.12 bits per heavy atom. The van der Waals surface area contributed by atoms with Gasteiger partial charge in [-0.2, -0.15) is 5.10 Å². The average Bonchev–Trinajstić information content (AvgIpc) is 2.96. The maximum Gasteiger partial charge on any atom is 0.0518 e. The van der Waals surface area contributed by atoms with Gasteiger partial charge in [-0.3, -0.25) is 4.68 Å². The average molecular weight is 331 g/mol. The normalized spacial score (nSPS) is 9.62. The van der Waals surface area contributed by atoms with Gasteiger partial charge in [-0.05, 0) is 55.4 Å². The van der Waals surface area contributed by atoms with E-state index in [4.69, 9.17) is 0 Å². The fourth-order valence-corrected chi connectivity index (χ4v) is 2.71. The van der Waals surface area contributed by atoms with Crippen molar-refractivity contribution in [1.29, 1.82) is 0 Å². The molecule has 0 atom stereocenters. The van der Waals surface area contributed by atoms with E-state index in [1.807, 2.05) is 40.2 Å². The SMILES string of the molecule is CC.CCCCCc1cccc(C)c1CCC.Cc1cnn(C)c1. The molecule has 2 aromatic rings. The molecule has 0 fully saturated rings. The van der Waals surface area contributed by atoms with E-state index in [0.717, 1.165) is 0 Å². The van der Waals surface area contributed by atoms with Crippen molar-refractivity contribution < 1.29 is 0 Å². The fraction of sp³-hybridized carbons (Fsp3) is 0.591. The van der Waals surface area contributed by atoms with E-state index in [9.17, 15) is 0 Å². The molecule has 2 heteroatoms.